The summed E-state index contributed by atoms with van der Waals surface area (Å²) in [5.41, 5.74) is 0. The first kappa shape index (κ1) is 15.3. The minimum Gasteiger partial charge on any atom is -0.378 e. The molecule has 2 saturated heterocycles. The van der Waals surface area contributed by atoms with Gasteiger partial charge in [0.2, 0.25) is 0 Å². The van der Waals surface area contributed by atoms with Crippen LogP contribution in [0.2, 0.25) is 0 Å². The summed E-state index contributed by atoms with van der Waals surface area (Å²) in [5.74, 6) is 0.817. The summed E-state index contributed by atoms with van der Waals surface area (Å²) in [6.07, 6.45) is 6.99. The molecule has 3 nitrogen and oxygen atoms in total. The molecule has 0 saturated carbocycles. The lowest BCUT2D eigenvalue weighted by Gasteiger charge is -2.34. The van der Waals surface area contributed by atoms with E-state index < -0.39 is 0 Å². The van der Waals surface area contributed by atoms with Gasteiger partial charge in [0.25, 0.3) is 0 Å². The van der Waals surface area contributed by atoms with E-state index in [9.17, 15) is 0 Å². The van der Waals surface area contributed by atoms with E-state index in [0.717, 1.165) is 12.5 Å². The monoisotopic (exact) mass is 268 g/mol. The number of rotatable bonds is 6. The third-order valence-corrected chi connectivity index (χ3v) is 4.80. The molecule has 0 amide bonds. The van der Waals surface area contributed by atoms with Gasteiger partial charge in [-0.1, -0.05) is 13.8 Å². The molecule has 112 valence electrons. The van der Waals surface area contributed by atoms with Crippen LogP contribution >= 0.6 is 0 Å². The molecule has 0 aliphatic carbocycles. The molecule has 0 aromatic rings. The molecule has 0 aromatic heterocycles. The summed E-state index contributed by atoms with van der Waals surface area (Å²) < 4.78 is 6.17. The van der Waals surface area contributed by atoms with Crippen molar-refractivity contribution in [3.8, 4) is 0 Å². The predicted octanol–water partition coefficient (Wildman–Crippen LogP) is 2.61. The Morgan fingerprint density at radius 3 is 2.11 bits per heavy atom. The van der Waals surface area contributed by atoms with Crippen LogP contribution in [0.5, 0.6) is 0 Å². The third kappa shape index (κ3) is 5.05. The van der Waals surface area contributed by atoms with E-state index in [1.165, 1.54) is 71.4 Å². The fourth-order valence-corrected chi connectivity index (χ4v) is 3.36. The average molecular weight is 268 g/mol. The molecule has 0 N–H and O–H groups in total. The molecule has 2 aliphatic rings. The molecule has 3 heteroatoms. The highest BCUT2D eigenvalue weighted by molar-refractivity contribution is 4.75. The molecule has 19 heavy (non-hydrogen) atoms. The van der Waals surface area contributed by atoms with Gasteiger partial charge in [-0.15, -0.1) is 0 Å². The number of hydrogen-bond donors (Lipinski definition) is 0. The second kappa shape index (κ2) is 8.23. The van der Waals surface area contributed by atoms with Crippen molar-refractivity contribution in [1.29, 1.82) is 0 Å². The number of hydrogen-bond acceptors (Lipinski definition) is 3. The van der Waals surface area contributed by atoms with Crippen LogP contribution in [0.4, 0.5) is 0 Å². The van der Waals surface area contributed by atoms with Crippen molar-refractivity contribution in [2.24, 2.45) is 5.92 Å². The minimum atomic E-state index is 0.538. The lowest BCUT2D eigenvalue weighted by Crippen LogP contribution is -2.39. The number of ether oxygens (including phenoxy) is 1. The van der Waals surface area contributed by atoms with Crippen LogP contribution in [-0.2, 0) is 4.74 Å². The lowest BCUT2D eigenvalue weighted by molar-refractivity contribution is -0.0184. The molecule has 0 atom stereocenters. The van der Waals surface area contributed by atoms with Gasteiger partial charge in [-0.05, 0) is 64.2 Å². The molecule has 0 aromatic carbocycles. The molecule has 0 spiro atoms. The van der Waals surface area contributed by atoms with Crippen LogP contribution < -0.4 is 0 Å². The van der Waals surface area contributed by atoms with Gasteiger partial charge in [0.15, 0.2) is 0 Å². The van der Waals surface area contributed by atoms with E-state index >= 15 is 0 Å². The highest BCUT2D eigenvalue weighted by Crippen LogP contribution is 2.20. The van der Waals surface area contributed by atoms with Gasteiger partial charge >= 0.3 is 0 Å². The van der Waals surface area contributed by atoms with Gasteiger partial charge in [0.05, 0.1) is 6.10 Å². The van der Waals surface area contributed by atoms with Crippen LogP contribution in [-0.4, -0.2) is 61.8 Å². The molecular formula is C16H32N2O. The molecule has 0 unspecified atom stereocenters. The van der Waals surface area contributed by atoms with Crippen LogP contribution in [0.3, 0.4) is 0 Å². The van der Waals surface area contributed by atoms with Crippen molar-refractivity contribution in [3.63, 3.8) is 0 Å². The van der Waals surface area contributed by atoms with Crippen LogP contribution in [0.15, 0.2) is 0 Å². The Labute approximate surface area is 119 Å². The van der Waals surface area contributed by atoms with Gasteiger partial charge < -0.3 is 14.5 Å². The maximum absolute atomic E-state index is 6.17. The summed E-state index contributed by atoms with van der Waals surface area (Å²) >= 11 is 0. The minimum absolute atomic E-state index is 0.538. The van der Waals surface area contributed by atoms with Crippen molar-refractivity contribution in [2.75, 3.05) is 45.9 Å². The quantitative estimate of drug-likeness (QED) is 0.736. The van der Waals surface area contributed by atoms with Crippen molar-refractivity contribution >= 4 is 0 Å². The maximum atomic E-state index is 6.17. The zero-order chi connectivity index (χ0) is 13.5. The molecule has 2 aliphatic heterocycles. The highest BCUT2D eigenvalue weighted by Gasteiger charge is 2.22. The SMILES string of the molecule is CCCN1CCC(COC2CCN(CC)CC2)CC1. The Kier molecular flexibility index (Phi) is 6.62. The second-order valence-electron chi connectivity index (χ2n) is 6.25. The van der Waals surface area contributed by atoms with Crippen molar-refractivity contribution in [1.82, 2.24) is 9.80 Å². The van der Waals surface area contributed by atoms with Crippen LogP contribution in [0.1, 0.15) is 46.0 Å². The van der Waals surface area contributed by atoms with Crippen LogP contribution in [0, 0.1) is 5.92 Å². The number of nitrogens with zero attached hydrogens (tertiary/aromatic N) is 2. The van der Waals surface area contributed by atoms with Gasteiger partial charge in [-0.2, -0.15) is 0 Å². The second-order valence-corrected chi connectivity index (χ2v) is 6.25. The van der Waals surface area contributed by atoms with E-state index in [1.807, 2.05) is 0 Å². The fourth-order valence-electron chi connectivity index (χ4n) is 3.36. The molecule has 2 heterocycles. The summed E-state index contributed by atoms with van der Waals surface area (Å²) in [6, 6.07) is 0. The number of piperidine rings is 2. The Morgan fingerprint density at radius 1 is 0.895 bits per heavy atom. The molecule has 2 rings (SSSR count). The first-order chi connectivity index (χ1) is 9.31. The summed E-state index contributed by atoms with van der Waals surface area (Å²) in [5, 5.41) is 0. The smallest absolute Gasteiger partial charge is 0.0599 e. The van der Waals surface area contributed by atoms with Gasteiger partial charge in [0.1, 0.15) is 0 Å². The van der Waals surface area contributed by atoms with Crippen LogP contribution in [0.25, 0.3) is 0 Å². The van der Waals surface area contributed by atoms with Gasteiger partial charge in [0, 0.05) is 19.7 Å². The number of likely N-dealkylation sites (tertiary alicyclic amines) is 2. The van der Waals surface area contributed by atoms with E-state index in [0.29, 0.717) is 6.10 Å². The Hall–Kier alpha value is -0.120. The van der Waals surface area contributed by atoms with Crippen molar-refractivity contribution in [2.45, 2.75) is 52.1 Å². The summed E-state index contributed by atoms with van der Waals surface area (Å²) in [4.78, 5) is 5.14. The molecular weight excluding hydrogens is 236 g/mol. The largest absolute Gasteiger partial charge is 0.378 e. The highest BCUT2D eigenvalue weighted by atomic mass is 16.5. The lowest BCUT2D eigenvalue weighted by atomic mass is 9.97. The Bertz CT molecular complexity index is 231. The van der Waals surface area contributed by atoms with Gasteiger partial charge in [-0.3, -0.25) is 0 Å². The standard InChI is InChI=1S/C16H32N2O/c1-3-9-18-10-5-15(6-11-18)14-19-16-7-12-17(4-2)13-8-16/h15-16H,3-14H2,1-2H3. The average Bonchev–Trinajstić information content (AvgIpc) is 2.47. The first-order valence-electron chi connectivity index (χ1n) is 8.38. The van der Waals surface area contributed by atoms with E-state index in [-0.39, 0.29) is 0 Å². The van der Waals surface area contributed by atoms with Crippen molar-refractivity contribution < 1.29 is 4.74 Å². The summed E-state index contributed by atoms with van der Waals surface area (Å²) in [7, 11) is 0. The van der Waals surface area contributed by atoms with Crippen molar-refractivity contribution in [3.05, 3.63) is 0 Å². The molecule has 0 bridgehead atoms. The zero-order valence-corrected chi connectivity index (χ0v) is 12.9. The third-order valence-electron chi connectivity index (χ3n) is 4.80. The van der Waals surface area contributed by atoms with Gasteiger partial charge in [-0.25, -0.2) is 0 Å². The normalized spacial score (nSPS) is 24.9. The Morgan fingerprint density at radius 2 is 1.53 bits per heavy atom. The fraction of sp³-hybridized carbons (Fsp3) is 1.00. The molecule has 0 radical (unpaired) electrons. The molecule has 2 fully saturated rings. The Balaban J connectivity index is 1.57. The predicted molar refractivity (Wildman–Crippen MR) is 80.5 cm³/mol. The van der Waals surface area contributed by atoms with E-state index in [2.05, 4.69) is 23.6 Å². The maximum Gasteiger partial charge on any atom is 0.0599 e. The first-order valence-corrected chi connectivity index (χ1v) is 8.38. The zero-order valence-electron chi connectivity index (χ0n) is 12.9. The van der Waals surface area contributed by atoms with E-state index in [1.54, 1.807) is 0 Å². The van der Waals surface area contributed by atoms with E-state index in [4.69, 9.17) is 4.74 Å². The summed E-state index contributed by atoms with van der Waals surface area (Å²) in [6.45, 7) is 13.1. The topological polar surface area (TPSA) is 15.7 Å².